The summed E-state index contributed by atoms with van der Waals surface area (Å²) in [5.41, 5.74) is -1.36. The maximum absolute atomic E-state index is 12.8. The van der Waals surface area contributed by atoms with Crippen LogP contribution in [0.4, 0.5) is 22.0 Å². The van der Waals surface area contributed by atoms with E-state index in [4.69, 9.17) is 0 Å². The summed E-state index contributed by atoms with van der Waals surface area (Å²) in [6.45, 7) is -0.516. The minimum Gasteiger partial charge on any atom is -0.388 e. The van der Waals surface area contributed by atoms with Crippen molar-refractivity contribution in [2.24, 2.45) is 0 Å². The number of hydrogen-bond donors (Lipinski definition) is 1. The molecule has 0 heterocycles. The molecule has 18 heavy (non-hydrogen) atoms. The van der Waals surface area contributed by atoms with E-state index in [1.807, 2.05) is 0 Å². The van der Waals surface area contributed by atoms with Gasteiger partial charge in [-0.25, -0.2) is 0 Å². The highest BCUT2D eigenvalue weighted by molar-refractivity contribution is 5.84. The highest BCUT2D eigenvalue weighted by Crippen LogP contribution is 2.37. The van der Waals surface area contributed by atoms with Gasteiger partial charge in [0.25, 0.3) is 0 Å². The Kier molecular flexibility index (Phi) is 3.90. The summed E-state index contributed by atoms with van der Waals surface area (Å²) < 4.78 is 61.5. The zero-order chi connectivity index (χ0) is 14.2. The Hall–Kier alpha value is -0.920. The average molecular weight is 275 g/mol. The molecule has 1 fully saturated rings. The van der Waals surface area contributed by atoms with E-state index in [1.54, 1.807) is 0 Å². The van der Waals surface area contributed by atoms with Crippen LogP contribution in [0.2, 0.25) is 0 Å². The number of likely N-dealkylation sites (N-methyl/N-ethyl adjacent to an activating group) is 1. The monoisotopic (exact) mass is 275 g/mol. The Labute approximate surface area is 101 Å². The van der Waals surface area contributed by atoms with E-state index in [-0.39, 0.29) is 4.90 Å². The van der Waals surface area contributed by atoms with Gasteiger partial charge in [0.05, 0.1) is 5.60 Å². The van der Waals surface area contributed by atoms with Gasteiger partial charge < -0.3 is 10.0 Å². The lowest BCUT2D eigenvalue weighted by Gasteiger charge is -2.31. The van der Waals surface area contributed by atoms with Crippen molar-refractivity contribution >= 4 is 5.91 Å². The molecule has 1 N–H and O–H groups in total. The van der Waals surface area contributed by atoms with Gasteiger partial charge >= 0.3 is 18.0 Å². The first-order chi connectivity index (χ1) is 8.00. The number of nitrogens with zero attached hydrogens (tertiary/aromatic N) is 1. The number of carbonyl (C=O) groups is 1. The second-order valence-electron chi connectivity index (χ2n) is 4.66. The molecule has 8 heteroatoms. The number of aliphatic hydroxyl groups is 1. The lowest BCUT2D eigenvalue weighted by Crippen LogP contribution is -2.54. The largest absolute Gasteiger partial charge is 0.463 e. The smallest absolute Gasteiger partial charge is 0.388 e. The van der Waals surface area contributed by atoms with Crippen molar-refractivity contribution in [3.05, 3.63) is 0 Å². The fourth-order valence-electron chi connectivity index (χ4n) is 2.07. The summed E-state index contributed by atoms with van der Waals surface area (Å²) in [6, 6.07) is 0. The van der Waals surface area contributed by atoms with Crippen molar-refractivity contribution in [2.75, 3.05) is 13.6 Å². The van der Waals surface area contributed by atoms with E-state index in [0.29, 0.717) is 25.7 Å². The van der Waals surface area contributed by atoms with Crippen LogP contribution in [0.25, 0.3) is 0 Å². The molecule has 0 unspecified atom stereocenters. The van der Waals surface area contributed by atoms with Crippen LogP contribution in [0.5, 0.6) is 0 Å². The molecule has 0 aliphatic heterocycles. The molecule has 1 aliphatic rings. The van der Waals surface area contributed by atoms with E-state index in [9.17, 15) is 31.9 Å². The predicted octanol–water partition coefficient (Wildman–Crippen LogP) is 1.95. The standard InChI is InChI=1S/C10H14F5NO2/c1-16(6-8(18)4-2-3-5-8)7(17)9(11,12)10(13,14)15/h18H,2-6H2,1H3. The second kappa shape index (κ2) is 4.64. The minimum atomic E-state index is -5.92. The van der Waals surface area contributed by atoms with Crippen molar-refractivity contribution in [1.29, 1.82) is 0 Å². The average Bonchev–Trinajstić information content (AvgIpc) is 2.61. The first-order valence-electron chi connectivity index (χ1n) is 5.42. The van der Waals surface area contributed by atoms with E-state index in [2.05, 4.69) is 0 Å². The van der Waals surface area contributed by atoms with Gasteiger partial charge in [0, 0.05) is 13.6 Å². The molecule has 0 radical (unpaired) electrons. The molecule has 0 saturated heterocycles. The molecule has 0 aromatic rings. The quantitative estimate of drug-likeness (QED) is 0.800. The van der Waals surface area contributed by atoms with E-state index in [0.717, 1.165) is 7.05 Å². The third kappa shape index (κ3) is 2.90. The van der Waals surface area contributed by atoms with Gasteiger partial charge in [0.15, 0.2) is 0 Å². The first-order valence-corrected chi connectivity index (χ1v) is 5.42. The third-order valence-electron chi connectivity index (χ3n) is 3.04. The van der Waals surface area contributed by atoms with Crippen molar-refractivity contribution < 1.29 is 31.9 Å². The van der Waals surface area contributed by atoms with Gasteiger partial charge in [-0.3, -0.25) is 4.79 Å². The summed E-state index contributed by atoms with van der Waals surface area (Å²) in [5, 5.41) is 9.86. The van der Waals surface area contributed by atoms with Gasteiger partial charge in [0.2, 0.25) is 0 Å². The zero-order valence-corrected chi connectivity index (χ0v) is 9.73. The topological polar surface area (TPSA) is 40.5 Å². The summed E-state index contributed by atoms with van der Waals surface area (Å²) in [6.07, 6.45) is -4.01. The fraction of sp³-hybridized carbons (Fsp3) is 0.900. The third-order valence-corrected chi connectivity index (χ3v) is 3.04. The molecular weight excluding hydrogens is 261 g/mol. The van der Waals surface area contributed by atoms with Crippen LogP contribution in [0, 0.1) is 0 Å². The molecule has 0 atom stereocenters. The first kappa shape index (κ1) is 15.1. The van der Waals surface area contributed by atoms with Gasteiger partial charge in [-0.2, -0.15) is 22.0 Å². The van der Waals surface area contributed by atoms with Crippen molar-refractivity contribution in [3.63, 3.8) is 0 Å². The Bertz CT molecular complexity index is 323. The highest BCUT2D eigenvalue weighted by atomic mass is 19.4. The van der Waals surface area contributed by atoms with Gasteiger partial charge in [0.1, 0.15) is 0 Å². The van der Waals surface area contributed by atoms with Gasteiger partial charge in [-0.05, 0) is 12.8 Å². The number of rotatable bonds is 3. The lowest BCUT2D eigenvalue weighted by atomic mass is 10.0. The van der Waals surface area contributed by atoms with Crippen LogP contribution < -0.4 is 0 Å². The maximum Gasteiger partial charge on any atom is 0.463 e. The van der Waals surface area contributed by atoms with Crippen LogP contribution in [0.15, 0.2) is 0 Å². The molecule has 0 aromatic heterocycles. The molecule has 0 aromatic carbocycles. The van der Waals surface area contributed by atoms with Crippen molar-refractivity contribution in [3.8, 4) is 0 Å². The Morgan fingerprint density at radius 2 is 1.67 bits per heavy atom. The maximum atomic E-state index is 12.8. The molecule has 1 saturated carbocycles. The SMILES string of the molecule is CN(CC1(O)CCCC1)C(=O)C(F)(F)C(F)(F)F. The fourth-order valence-corrected chi connectivity index (χ4v) is 2.07. The van der Waals surface area contributed by atoms with Crippen LogP contribution in [0.1, 0.15) is 25.7 Å². The molecular formula is C10H14F5NO2. The van der Waals surface area contributed by atoms with Crippen molar-refractivity contribution in [2.45, 2.75) is 43.4 Å². The molecule has 0 spiro atoms. The Morgan fingerprint density at radius 1 is 1.22 bits per heavy atom. The highest BCUT2D eigenvalue weighted by Gasteiger charge is 2.64. The molecule has 0 bridgehead atoms. The summed E-state index contributed by atoms with van der Waals surface area (Å²) in [5.74, 6) is -7.76. The van der Waals surface area contributed by atoms with Crippen LogP contribution >= 0.6 is 0 Å². The molecule has 1 amide bonds. The lowest BCUT2D eigenvalue weighted by molar-refractivity contribution is -0.274. The number of hydrogen-bond acceptors (Lipinski definition) is 2. The van der Waals surface area contributed by atoms with Crippen LogP contribution in [-0.4, -0.2) is 47.2 Å². The van der Waals surface area contributed by atoms with E-state index < -0.39 is 30.2 Å². The molecule has 1 rings (SSSR count). The Balaban J connectivity index is 2.72. The minimum absolute atomic E-state index is 0.249. The molecule has 3 nitrogen and oxygen atoms in total. The van der Waals surface area contributed by atoms with Crippen LogP contribution in [0.3, 0.4) is 0 Å². The summed E-state index contributed by atoms with van der Waals surface area (Å²) >= 11 is 0. The van der Waals surface area contributed by atoms with E-state index >= 15 is 0 Å². The normalized spacial score (nSPS) is 19.9. The zero-order valence-electron chi connectivity index (χ0n) is 9.73. The van der Waals surface area contributed by atoms with Crippen LogP contribution in [-0.2, 0) is 4.79 Å². The number of amides is 1. The predicted molar refractivity (Wildman–Crippen MR) is 52.1 cm³/mol. The van der Waals surface area contributed by atoms with Gasteiger partial charge in [-0.1, -0.05) is 12.8 Å². The van der Waals surface area contributed by atoms with Crippen molar-refractivity contribution in [1.82, 2.24) is 4.90 Å². The number of alkyl halides is 5. The van der Waals surface area contributed by atoms with Gasteiger partial charge in [-0.15, -0.1) is 0 Å². The number of halogens is 5. The van der Waals surface area contributed by atoms with E-state index in [1.165, 1.54) is 0 Å². The Morgan fingerprint density at radius 3 is 2.06 bits per heavy atom. The summed E-state index contributed by atoms with van der Waals surface area (Å²) in [7, 11) is 0.832. The second-order valence-corrected chi connectivity index (χ2v) is 4.66. The molecule has 106 valence electrons. The number of carbonyl (C=O) groups excluding carboxylic acids is 1. The molecule has 1 aliphatic carbocycles. The summed E-state index contributed by atoms with van der Waals surface area (Å²) in [4.78, 5) is 11.3.